The number of ether oxygens (including phenoxy) is 1. The van der Waals surface area contributed by atoms with Crippen LogP contribution >= 0.6 is 0 Å². The van der Waals surface area contributed by atoms with Crippen LogP contribution in [0.2, 0.25) is 0 Å². The van der Waals surface area contributed by atoms with Crippen molar-refractivity contribution in [2.45, 2.75) is 6.42 Å². The maximum Gasteiger partial charge on any atom is 0.412 e. The molecule has 94 valence electrons. The molecule has 0 saturated carbocycles. The molecule has 1 amide bonds. The van der Waals surface area contributed by atoms with E-state index in [-0.39, 0.29) is 12.3 Å². The van der Waals surface area contributed by atoms with Gasteiger partial charge in [-0.3, -0.25) is 0 Å². The molecule has 0 aliphatic heterocycles. The van der Waals surface area contributed by atoms with Gasteiger partial charge in [0.05, 0.1) is 5.75 Å². The first-order chi connectivity index (χ1) is 7.97. The van der Waals surface area contributed by atoms with Crippen LogP contribution in [-0.4, -0.2) is 33.1 Å². The molecule has 0 aliphatic rings. The summed E-state index contributed by atoms with van der Waals surface area (Å²) >= 11 is 0. The number of rotatable bonds is 5. The maximum atomic E-state index is 11.3. The fraction of sp³-hybridized carbons (Fsp3) is 0.364. The molecule has 1 N–H and O–H groups in total. The minimum atomic E-state index is -2.97. The average Bonchev–Trinajstić information content (AvgIpc) is 2.25. The minimum Gasteiger partial charge on any atom is -0.410 e. The predicted molar refractivity (Wildman–Crippen MR) is 64.8 cm³/mol. The van der Waals surface area contributed by atoms with Crippen LogP contribution in [0.4, 0.5) is 4.79 Å². The summed E-state index contributed by atoms with van der Waals surface area (Å²) in [7, 11) is -2.97. The van der Waals surface area contributed by atoms with Gasteiger partial charge < -0.3 is 10.1 Å². The molecule has 5 nitrogen and oxygen atoms in total. The van der Waals surface area contributed by atoms with E-state index in [9.17, 15) is 13.2 Å². The van der Waals surface area contributed by atoms with Crippen molar-refractivity contribution in [2.75, 3.05) is 18.6 Å². The molecule has 0 saturated heterocycles. The SMILES string of the molecule is CS(=O)(=O)CCCNC(=O)Oc1ccccc1. The quantitative estimate of drug-likeness (QED) is 0.805. The molecule has 0 radical (unpaired) electrons. The molecule has 0 aliphatic carbocycles. The second kappa shape index (κ2) is 6.24. The fourth-order valence-electron chi connectivity index (χ4n) is 1.16. The van der Waals surface area contributed by atoms with Gasteiger partial charge in [-0.2, -0.15) is 0 Å². The van der Waals surface area contributed by atoms with Gasteiger partial charge in [-0.15, -0.1) is 0 Å². The van der Waals surface area contributed by atoms with Crippen LogP contribution in [-0.2, 0) is 9.84 Å². The van der Waals surface area contributed by atoms with Gasteiger partial charge in [-0.1, -0.05) is 18.2 Å². The molecule has 0 fully saturated rings. The lowest BCUT2D eigenvalue weighted by Gasteiger charge is -2.05. The van der Waals surface area contributed by atoms with Crippen LogP contribution in [0, 0.1) is 0 Å². The first-order valence-electron chi connectivity index (χ1n) is 5.16. The van der Waals surface area contributed by atoms with E-state index in [1.54, 1.807) is 24.3 Å². The van der Waals surface area contributed by atoms with Gasteiger partial charge in [-0.25, -0.2) is 13.2 Å². The molecule has 0 spiro atoms. The fourth-order valence-corrected chi connectivity index (χ4v) is 1.83. The number of hydrogen-bond donors (Lipinski definition) is 1. The van der Waals surface area contributed by atoms with Crippen molar-refractivity contribution in [1.82, 2.24) is 5.32 Å². The highest BCUT2D eigenvalue weighted by atomic mass is 32.2. The topological polar surface area (TPSA) is 72.5 Å². The summed E-state index contributed by atoms with van der Waals surface area (Å²) in [6.07, 6.45) is 0.961. The van der Waals surface area contributed by atoms with Crippen LogP contribution < -0.4 is 10.1 Å². The van der Waals surface area contributed by atoms with E-state index >= 15 is 0 Å². The van der Waals surface area contributed by atoms with Crippen LogP contribution in [0.15, 0.2) is 30.3 Å². The van der Waals surface area contributed by atoms with E-state index in [1.807, 2.05) is 6.07 Å². The molecule has 0 heterocycles. The van der Waals surface area contributed by atoms with Gasteiger partial charge in [0.1, 0.15) is 15.6 Å². The Morgan fingerprint density at radius 2 is 1.94 bits per heavy atom. The molecule has 0 bridgehead atoms. The number of sulfone groups is 1. The lowest BCUT2D eigenvalue weighted by molar-refractivity contribution is 0.200. The second-order valence-corrected chi connectivity index (χ2v) is 5.87. The third-order valence-corrected chi connectivity index (χ3v) is 2.95. The molecule has 6 heteroatoms. The Kier molecular flexibility index (Phi) is 4.96. The monoisotopic (exact) mass is 257 g/mol. The summed E-state index contributed by atoms with van der Waals surface area (Å²) in [6.45, 7) is 0.277. The van der Waals surface area contributed by atoms with E-state index in [2.05, 4.69) is 5.32 Å². The lowest BCUT2D eigenvalue weighted by atomic mass is 10.3. The highest BCUT2D eigenvalue weighted by Gasteiger charge is 2.05. The molecule has 1 aromatic rings. The summed E-state index contributed by atoms with van der Waals surface area (Å²) in [5.41, 5.74) is 0. The van der Waals surface area contributed by atoms with Gasteiger partial charge >= 0.3 is 6.09 Å². The predicted octanol–water partition coefficient (Wildman–Crippen LogP) is 1.21. The third kappa shape index (κ3) is 6.57. The zero-order chi connectivity index (χ0) is 12.7. The van der Waals surface area contributed by atoms with Crippen molar-refractivity contribution in [3.63, 3.8) is 0 Å². The Morgan fingerprint density at radius 1 is 1.29 bits per heavy atom. The Hall–Kier alpha value is -1.56. The van der Waals surface area contributed by atoms with Crippen LogP contribution in [0.5, 0.6) is 5.75 Å². The number of amides is 1. The Balaban J connectivity index is 2.23. The summed E-state index contributed by atoms with van der Waals surface area (Å²) < 4.78 is 26.6. The van der Waals surface area contributed by atoms with Gasteiger partial charge in [0.15, 0.2) is 0 Å². The lowest BCUT2D eigenvalue weighted by Crippen LogP contribution is -2.28. The van der Waals surface area contributed by atoms with Gasteiger partial charge in [0.2, 0.25) is 0 Å². The summed E-state index contributed by atoms with van der Waals surface area (Å²) in [5, 5.41) is 2.48. The Bertz CT molecular complexity index is 456. The summed E-state index contributed by atoms with van der Waals surface area (Å²) in [6, 6.07) is 8.65. The minimum absolute atomic E-state index is 0.0542. The van der Waals surface area contributed by atoms with Crippen molar-refractivity contribution >= 4 is 15.9 Å². The Labute approximate surface area is 101 Å². The number of para-hydroxylation sites is 1. The van der Waals surface area contributed by atoms with Crippen LogP contribution in [0.3, 0.4) is 0 Å². The van der Waals surface area contributed by atoms with Crippen LogP contribution in [0.1, 0.15) is 6.42 Å². The molecule has 0 atom stereocenters. The first kappa shape index (κ1) is 13.5. The summed E-state index contributed by atoms with van der Waals surface area (Å²) in [4.78, 5) is 11.3. The zero-order valence-corrected chi connectivity index (χ0v) is 10.4. The number of benzene rings is 1. The zero-order valence-electron chi connectivity index (χ0n) is 9.55. The maximum absolute atomic E-state index is 11.3. The molecule has 0 unspecified atom stereocenters. The molecule has 1 rings (SSSR count). The van der Waals surface area contributed by atoms with Crippen molar-refractivity contribution < 1.29 is 17.9 Å². The molecular formula is C11H15NO4S. The first-order valence-corrected chi connectivity index (χ1v) is 7.22. The van der Waals surface area contributed by atoms with Gasteiger partial charge in [-0.05, 0) is 18.6 Å². The smallest absolute Gasteiger partial charge is 0.410 e. The van der Waals surface area contributed by atoms with Gasteiger partial charge in [0.25, 0.3) is 0 Å². The largest absolute Gasteiger partial charge is 0.412 e. The Morgan fingerprint density at radius 3 is 2.53 bits per heavy atom. The highest BCUT2D eigenvalue weighted by molar-refractivity contribution is 7.90. The van der Waals surface area contributed by atoms with Crippen molar-refractivity contribution in [1.29, 1.82) is 0 Å². The summed E-state index contributed by atoms with van der Waals surface area (Å²) in [5.74, 6) is 0.506. The van der Waals surface area contributed by atoms with E-state index in [0.717, 1.165) is 6.26 Å². The van der Waals surface area contributed by atoms with Gasteiger partial charge in [0, 0.05) is 12.8 Å². The van der Waals surface area contributed by atoms with E-state index in [4.69, 9.17) is 4.74 Å². The van der Waals surface area contributed by atoms with Crippen LogP contribution in [0.25, 0.3) is 0 Å². The normalized spacial score (nSPS) is 10.9. The number of carbonyl (C=O) groups excluding carboxylic acids is 1. The second-order valence-electron chi connectivity index (χ2n) is 3.61. The van der Waals surface area contributed by atoms with E-state index in [1.165, 1.54) is 0 Å². The third-order valence-electron chi connectivity index (χ3n) is 1.91. The van der Waals surface area contributed by atoms with Crippen molar-refractivity contribution in [2.24, 2.45) is 0 Å². The number of nitrogens with one attached hydrogen (secondary N) is 1. The molecule has 0 aromatic heterocycles. The standard InChI is InChI=1S/C11H15NO4S/c1-17(14,15)9-5-8-12-11(13)16-10-6-3-2-4-7-10/h2-4,6-7H,5,8-9H2,1H3,(H,12,13). The average molecular weight is 257 g/mol. The van der Waals surface area contributed by atoms with Crippen molar-refractivity contribution in [3.8, 4) is 5.75 Å². The molecular weight excluding hydrogens is 242 g/mol. The molecule has 17 heavy (non-hydrogen) atoms. The van der Waals surface area contributed by atoms with E-state index in [0.29, 0.717) is 12.2 Å². The molecule has 1 aromatic carbocycles. The van der Waals surface area contributed by atoms with Crippen molar-refractivity contribution in [3.05, 3.63) is 30.3 Å². The number of carbonyl (C=O) groups is 1. The number of hydrogen-bond acceptors (Lipinski definition) is 4. The van der Waals surface area contributed by atoms with E-state index < -0.39 is 15.9 Å². The highest BCUT2D eigenvalue weighted by Crippen LogP contribution is 2.07.